The number of amides is 2. The highest BCUT2D eigenvalue weighted by Crippen LogP contribution is 2.07. The van der Waals surface area contributed by atoms with Crippen molar-refractivity contribution >= 4 is 6.03 Å². The van der Waals surface area contributed by atoms with Crippen LogP contribution in [0.4, 0.5) is 9.18 Å². The first-order valence-corrected chi connectivity index (χ1v) is 7.56. The summed E-state index contributed by atoms with van der Waals surface area (Å²) in [5.41, 5.74) is 2.70. The van der Waals surface area contributed by atoms with Gasteiger partial charge in [0.1, 0.15) is 5.82 Å². The van der Waals surface area contributed by atoms with Crippen molar-refractivity contribution in [3.8, 4) is 5.69 Å². The Morgan fingerprint density at radius 3 is 2.33 bits per heavy atom. The molecule has 3 aromatic rings. The van der Waals surface area contributed by atoms with E-state index in [0.29, 0.717) is 13.1 Å². The molecule has 0 aliphatic heterocycles. The van der Waals surface area contributed by atoms with E-state index in [0.717, 1.165) is 16.8 Å². The molecule has 6 heteroatoms. The van der Waals surface area contributed by atoms with Crippen molar-refractivity contribution in [3.63, 3.8) is 0 Å². The predicted molar refractivity (Wildman–Crippen MR) is 89.0 cm³/mol. The molecule has 0 atom stereocenters. The highest BCUT2D eigenvalue weighted by molar-refractivity contribution is 5.73. The summed E-state index contributed by atoms with van der Waals surface area (Å²) in [7, 11) is 0. The van der Waals surface area contributed by atoms with Crippen LogP contribution >= 0.6 is 0 Å². The van der Waals surface area contributed by atoms with Crippen molar-refractivity contribution in [1.29, 1.82) is 0 Å². The van der Waals surface area contributed by atoms with Gasteiger partial charge in [0.2, 0.25) is 0 Å². The quantitative estimate of drug-likeness (QED) is 0.758. The number of nitrogens with zero attached hydrogens (tertiary/aromatic N) is 2. The van der Waals surface area contributed by atoms with Gasteiger partial charge in [0.25, 0.3) is 0 Å². The van der Waals surface area contributed by atoms with Gasteiger partial charge < -0.3 is 10.6 Å². The third-order valence-electron chi connectivity index (χ3n) is 3.48. The number of halogens is 1. The van der Waals surface area contributed by atoms with Crippen molar-refractivity contribution in [2.75, 3.05) is 0 Å². The average molecular weight is 324 g/mol. The van der Waals surface area contributed by atoms with Crippen LogP contribution in [0, 0.1) is 5.82 Å². The number of carbonyl (C=O) groups excluding carboxylic acids is 1. The summed E-state index contributed by atoms with van der Waals surface area (Å²) in [4.78, 5) is 11.8. The molecule has 0 fully saturated rings. The largest absolute Gasteiger partial charge is 0.334 e. The Hall–Kier alpha value is -3.15. The Balaban J connectivity index is 1.48. The van der Waals surface area contributed by atoms with E-state index in [1.807, 2.05) is 36.5 Å². The molecule has 2 aromatic carbocycles. The lowest BCUT2D eigenvalue weighted by molar-refractivity contribution is 0.240. The number of nitrogens with one attached hydrogen (secondary N) is 2. The molecule has 0 spiro atoms. The van der Waals surface area contributed by atoms with Crippen molar-refractivity contribution in [1.82, 2.24) is 20.4 Å². The van der Waals surface area contributed by atoms with Crippen LogP contribution in [0.1, 0.15) is 11.1 Å². The van der Waals surface area contributed by atoms with E-state index in [2.05, 4.69) is 15.7 Å². The normalized spacial score (nSPS) is 10.4. The first kappa shape index (κ1) is 15.7. The monoisotopic (exact) mass is 324 g/mol. The molecule has 0 unspecified atom stereocenters. The minimum atomic E-state index is -0.293. The fourth-order valence-electron chi connectivity index (χ4n) is 2.20. The van der Waals surface area contributed by atoms with Crippen LogP contribution < -0.4 is 10.6 Å². The second kappa shape index (κ2) is 7.41. The fourth-order valence-corrected chi connectivity index (χ4v) is 2.20. The molecule has 1 aromatic heterocycles. The summed E-state index contributed by atoms with van der Waals surface area (Å²) in [5.74, 6) is -0.293. The van der Waals surface area contributed by atoms with Gasteiger partial charge in [-0.25, -0.2) is 13.9 Å². The van der Waals surface area contributed by atoms with Gasteiger partial charge in [0.15, 0.2) is 0 Å². The lowest BCUT2D eigenvalue weighted by Crippen LogP contribution is -2.34. The van der Waals surface area contributed by atoms with E-state index in [1.165, 1.54) is 12.1 Å². The lowest BCUT2D eigenvalue weighted by atomic mass is 10.2. The maximum Gasteiger partial charge on any atom is 0.315 e. The lowest BCUT2D eigenvalue weighted by Gasteiger charge is -2.06. The molecular weight excluding hydrogens is 307 g/mol. The average Bonchev–Trinajstić information content (AvgIpc) is 3.09. The number of carbonyl (C=O) groups is 1. The van der Waals surface area contributed by atoms with Crippen LogP contribution in [0.15, 0.2) is 67.0 Å². The van der Waals surface area contributed by atoms with Crippen LogP contribution in [0.3, 0.4) is 0 Å². The summed E-state index contributed by atoms with van der Waals surface area (Å²) < 4.78 is 14.6. The third-order valence-corrected chi connectivity index (χ3v) is 3.48. The first-order valence-electron chi connectivity index (χ1n) is 7.56. The zero-order valence-electron chi connectivity index (χ0n) is 12.9. The Morgan fingerprint density at radius 2 is 1.62 bits per heavy atom. The molecule has 122 valence electrons. The van der Waals surface area contributed by atoms with Crippen LogP contribution in [0.25, 0.3) is 5.69 Å². The van der Waals surface area contributed by atoms with Crippen LogP contribution in [-0.2, 0) is 13.1 Å². The van der Waals surface area contributed by atoms with Crippen molar-refractivity contribution < 1.29 is 9.18 Å². The molecule has 0 radical (unpaired) electrons. The van der Waals surface area contributed by atoms with Gasteiger partial charge in [-0.2, -0.15) is 5.10 Å². The van der Waals surface area contributed by atoms with Gasteiger partial charge in [0.05, 0.1) is 11.9 Å². The number of aromatic nitrogens is 2. The van der Waals surface area contributed by atoms with Gasteiger partial charge in [-0.3, -0.25) is 0 Å². The molecule has 2 N–H and O–H groups in total. The highest BCUT2D eigenvalue weighted by Gasteiger charge is 2.04. The molecule has 3 rings (SSSR count). The minimum Gasteiger partial charge on any atom is -0.334 e. The molecule has 5 nitrogen and oxygen atoms in total. The van der Waals surface area contributed by atoms with Gasteiger partial charge in [-0.15, -0.1) is 0 Å². The second-order valence-corrected chi connectivity index (χ2v) is 5.29. The number of hydrogen-bond acceptors (Lipinski definition) is 2. The molecule has 24 heavy (non-hydrogen) atoms. The summed E-state index contributed by atoms with van der Waals surface area (Å²) >= 11 is 0. The Kier molecular flexibility index (Phi) is 4.86. The fraction of sp³-hybridized carbons (Fsp3) is 0.111. The van der Waals surface area contributed by atoms with E-state index in [1.54, 1.807) is 23.0 Å². The number of para-hydroxylation sites is 1. The SMILES string of the molecule is O=C(NCc1ccc(F)cc1)NCc1cnn(-c2ccccc2)c1. The van der Waals surface area contributed by atoms with Gasteiger partial charge in [-0.1, -0.05) is 30.3 Å². The summed E-state index contributed by atoms with van der Waals surface area (Å²) in [6, 6.07) is 15.5. The highest BCUT2D eigenvalue weighted by atomic mass is 19.1. The van der Waals surface area contributed by atoms with E-state index < -0.39 is 0 Å². The van der Waals surface area contributed by atoms with E-state index >= 15 is 0 Å². The standard InChI is InChI=1S/C18H17FN4O/c19-16-8-6-14(7-9-16)10-20-18(24)21-11-15-12-22-23(13-15)17-4-2-1-3-5-17/h1-9,12-13H,10-11H2,(H2,20,21,24). The molecule has 1 heterocycles. The molecule has 0 saturated heterocycles. The van der Waals surface area contributed by atoms with E-state index in [4.69, 9.17) is 0 Å². The second-order valence-electron chi connectivity index (χ2n) is 5.29. The molecule has 0 aliphatic carbocycles. The van der Waals surface area contributed by atoms with Crippen molar-refractivity contribution in [2.45, 2.75) is 13.1 Å². The number of hydrogen-bond donors (Lipinski definition) is 2. The summed E-state index contributed by atoms with van der Waals surface area (Å²) in [6.45, 7) is 0.720. The number of rotatable bonds is 5. The maximum absolute atomic E-state index is 12.8. The van der Waals surface area contributed by atoms with E-state index in [-0.39, 0.29) is 11.8 Å². The van der Waals surface area contributed by atoms with Crippen LogP contribution in [-0.4, -0.2) is 15.8 Å². The third kappa shape index (κ3) is 4.19. The number of benzene rings is 2. The molecule has 2 amide bonds. The maximum atomic E-state index is 12.8. The van der Waals surface area contributed by atoms with Gasteiger partial charge in [-0.05, 0) is 29.8 Å². The van der Waals surface area contributed by atoms with Crippen molar-refractivity contribution in [3.05, 3.63) is 83.9 Å². The summed E-state index contributed by atoms with van der Waals surface area (Å²) in [5, 5.41) is 9.77. The smallest absolute Gasteiger partial charge is 0.315 e. The zero-order valence-corrected chi connectivity index (χ0v) is 12.9. The Labute approximate surface area is 139 Å². The van der Waals surface area contributed by atoms with Crippen LogP contribution in [0.2, 0.25) is 0 Å². The summed E-state index contributed by atoms with van der Waals surface area (Å²) in [6.07, 6.45) is 3.59. The topological polar surface area (TPSA) is 59.0 Å². The molecular formula is C18H17FN4O. The predicted octanol–water partition coefficient (Wildman–Crippen LogP) is 3.01. The minimum absolute atomic E-state index is 0.285. The van der Waals surface area contributed by atoms with Gasteiger partial charge >= 0.3 is 6.03 Å². The Bertz CT molecular complexity index is 799. The number of urea groups is 1. The van der Waals surface area contributed by atoms with E-state index in [9.17, 15) is 9.18 Å². The zero-order chi connectivity index (χ0) is 16.8. The molecule has 0 bridgehead atoms. The van der Waals surface area contributed by atoms with Crippen molar-refractivity contribution in [2.24, 2.45) is 0 Å². The molecule has 0 saturated carbocycles. The first-order chi connectivity index (χ1) is 11.7. The molecule has 0 aliphatic rings. The Morgan fingerprint density at radius 1 is 0.958 bits per heavy atom. The van der Waals surface area contributed by atoms with Crippen LogP contribution in [0.5, 0.6) is 0 Å². The van der Waals surface area contributed by atoms with Gasteiger partial charge in [0, 0.05) is 24.8 Å².